The normalized spacial score (nSPS) is 16.4. The lowest BCUT2D eigenvalue weighted by molar-refractivity contribution is 0.909. The number of thioether (sulfide) groups is 1. The molecule has 1 rings (SSSR count). The standard InChI is InChI=1S/C9H8Cl4S/c1-8(10,9(11,12)13)14-7-5-3-2-4-6-7/h2-6H,1H3. The van der Waals surface area contributed by atoms with E-state index in [1.54, 1.807) is 6.92 Å². The summed E-state index contributed by atoms with van der Waals surface area (Å²) in [5.41, 5.74) is 0. The molecular weight excluding hydrogens is 282 g/mol. The Bertz CT molecular complexity index is 291. The van der Waals surface area contributed by atoms with E-state index in [9.17, 15) is 0 Å². The van der Waals surface area contributed by atoms with Crippen molar-refractivity contribution in [3.8, 4) is 0 Å². The van der Waals surface area contributed by atoms with E-state index < -0.39 is 8.00 Å². The molecule has 0 amide bonds. The van der Waals surface area contributed by atoms with Crippen LogP contribution in [0.5, 0.6) is 0 Å². The van der Waals surface area contributed by atoms with Gasteiger partial charge in [-0.05, 0) is 19.1 Å². The fraction of sp³-hybridized carbons (Fsp3) is 0.333. The Morgan fingerprint density at radius 2 is 1.50 bits per heavy atom. The summed E-state index contributed by atoms with van der Waals surface area (Å²) in [5.74, 6) is 0. The molecule has 0 saturated heterocycles. The summed E-state index contributed by atoms with van der Waals surface area (Å²) >= 11 is 24.7. The van der Waals surface area contributed by atoms with Crippen molar-refractivity contribution in [2.45, 2.75) is 19.8 Å². The summed E-state index contributed by atoms with van der Waals surface area (Å²) in [6.45, 7) is 1.68. The third-order valence-electron chi connectivity index (χ3n) is 1.56. The van der Waals surface area contributed by atoms with Gasteiger partial charge in [-0.1, -0.05) is 64.8 Å². The Morgan fingerprint density at radius 1 is 1.00 bits per heavy atom. The monoisotopic (exact) mass is 288 g/mol. The first-order valence-electron chi connectivity index (χ1n) is 3.82. The maximum absolute atomic E-state index is 6.11. The van der Waals surface area contributed by atoms with Crippen molar-refractivity contribution in [3.63, 3.8) is 0 Å². The van der Waals surface area contributed by atoms with Gasteiger partial charge in [-0.3, -0.25) is 0 Å². The van der Waals surface area contributed by atoms with Crippen LogP contribution in [-0.4, -0.2) is 8.00 Å². The number of benzene rings is 1. The highest BCUT2D eigenvalue weighted by atomic mass is 35.6. The van der Waals surface area contributed by atoms with E-state index in [1.165, 1.54) is 11.8 Å². The lowest BCUT2D eigenvalue weighted by atomic mass is 10.4. The molecule has 1 unspecified atom stereocenters. The second-order valence-electron chi connectivity index (χ2n) is 2.83. The van der Waals surface area contributed by atoms with Gasteiger partial charge >= 0.3 is 0 Å². The summed E-state index contributed by atoms with van der Waals surface area (Å²) in [5, 5.41) is 0. The molecule has 1 aromatic rings. The average Bonchev–Trinajstić information content (AvgIpc) is 2.03. The molecule has 0 N–H and O–H groups in total. The molecule has 0 fully saturated rings. The van der Waals surface area contributed by atoms with E-state index in [0.717, 1.165) is 4.90 Å². The van der Waals surface area contributed by atoms with Crippen LogP contribution in [0.1, 0.15) is 6.92 Å². The second kappa shape index (κ2) is 4.71. The molecule has 14 heavy (non-hydrogen) atoms. The van der Waals surface area contributed by atoms with Gasteiger partial charge in [0.25, 0.3) is 0 Å². The molecule has 0 aliphatic carbocycles. The molecule has 0 aliphatic rings. The average molecular weight is 290 g/mol. The van der Waals surface area contributed by atoms with E-state index in [1.807, 2.05) is 30.3 Å². The molecule has 0 spiro atoms. The first-order valence-corrected chi connectivity index (χ1v) is 6.15. The Balaban J connectivity index is 2.79. The van der Waals surface area contributed by atoms with E-state index in [4.69, 9.17) is 46.4 Å². The quantitative estimate of drug-likeness (QED) is 0.539. The van der Waals surface area contributed by atoms with Crippen LogP contribution in [-0.2, 0) is 0 Å². The molecule has 1 atom stereocenters. The van der Waals surface area contributed by atoms with Gasteiger partial charge in [0, 0.05) is 4.90 Å². The minimum absolute atomic E-state index is 0.969. The van der Waals surface area contributed by atoms with Crippen molar-refractivity contribution in [2.75, 3.05) is 0 Å². The van der Waals surface area contributed by atoms with Gasteiger partial charge in [0.05, 0.1) is 0 Å². The number of hydrogen-bond acceptors (Lipinski definition) is 1. The Hall–Kier alpha value is 0.730. The summed E-state index contributed by atoms with van der Waals surface area (Å²) in [6.07, 6.45) is 0. The molecule has 0 bridgehead atoms. The predicted octanol–water partition coefficient (Wildman–Crippen LogP) is 5.10. The molecule has 0 heterocycles. The highest BCUT2D eigenvalue weighted by Crippen LogP contribution is 2.51. The van der Waals surface area contributed by atoms with Crippen molar-refractivity contribution >= 4 is 58.2 Å². The largest absolute Gasteiger partial charge is 0.218 e. The molecule has 0 radical (unpaired) electrons. The highest BCUT2D eigenvalue weighted by molar-refractivity contribution is 8.02. The number of halogens is 4. The van der Waals surface area contributed by atoms with E-state index in [2.05, 4.69) is 0 Å². The lowest BCUT2D eigenvalue weighted by Gasteiger charge is -2.28. The molecule has 5 heteroatoms. The van der Waals surface area contributed by atoms with Crippen LogP contribution >= 0.6 is 58.2 Å². The maximum Gasteiger partial charge on any atom is 0.218 e. The minimum Gasteiger partial charge on any atom is -0.103 e. The molecular formula is C9H8Cl4S. The Labute approximate surface area is 108 Å². The van der Waals surface area contributed by atoms with Crippen LogP contribution in [0.25, 0.3) is 0 Å². The third-order valence-corrected chi connectivity index (χ3v) is 5.03. The summed E-state index contributed by atoms with van der Waals surface area (Å²) in [4.78, 5) is 0.969. The molecule has 0 nitrogen and oxygen atoms in total. The van der Waals surface area contributed by atoms with Gasteiger partial charge in [-0.15, -0.1) is 11.6 Å². The van der Waals surface area contributed by atoms with Crippen LogP contribution < -0.4 is 0 Å². The van der Waals surface area contributed by atoms with Gasteiger partial charge in [0.1, 0.15) is 4.21 Å². The van der Waals surface area contributed by atoms with E-state index in [0.29, 0.717) is 0 Å². The Morgan fingerprint density at radius 3 is 1.93 bits per heavy atom. The fourth-order valence-electron chi connectivity index (χ4n) is 0.768. The molecule has 0 aliphatic heterocycles. The smallest absolute Gasteiger partial charge is 0.103 e. The van der Waals surface area contributed by atoms with Crippen LogP contribution in [0.2, 0.25) is 0 Å². The molecule has 78 valence electrons. The van der Waals surface area contributed by atoms with Crippen LogP contribution in [0.4, 0.5) is 0 Å². The number of alkyl halides is 4. The first kappa shape index (κ1) is 12.8. The van der Waals surface area contributed by atoms with Crippen molar-refractivity contribution in [1.82, 2.24) is 0 Å². The molecule has 0 saturated carbocycles. The topological polar surface area (TPSA) is 0 Å². The minimum atomic E-state index is -1.50. The summed E-state index contributed by atoms with van der Waals surface area (Å²) in [6, 6.07) is 9.58. The van der Waals surface area contributed by atoms with Gasteiger partial charge in [-0.2, -0.15) is 0 Å². The number of rotatable bonds is 2. The summed E-state index contributed by atoms with van der Waals surface area (Å²) < 4.78 is -2.48. The van der Waals surface area contributed by atoms with E-state index >= 15 is 0 Å². The van der Waals surface area contributed by atoms with Crippen LogP contribution in [0.3, 0.4) is 0 Å². The van der Waals surface area contributed by atoms with Gasteiger partial charge in [0.15, 0.2) is 0 Å². The van der Waals surface area contributed by atoms with Crippen LogP contribution in [0.15, 0.2) is 35.2 Å². The zero-order valence-corrected chi connectivity index (χ0v) is 11.1. The second-order valence-corrected chi connectivity index (χ2v) is 7.58. The molecule has 0 aromatic heterocycles. The lowest BCUT2D eigenvalue weighted by Crippen LogP contribution is -2.29. The molecule has 1 aromatic carbocycles. The first-order chi connectivity index (χ1) is 6.33. The van der Waals surface area contributed by atoms with Crippen molar-refractivity contribution in [3.05, 3.63) is 30.3 Å². The van der Waals surface area contributed by atoms with Gasteiger partial charge in [-0.25, -0.2) is 0 Å². The predicted molar refractivity (Wildman–Crippen MR) is 66.8 cm³/mol. The fourth-order valence-corrected chi connectivity index (χ4v) is 2.23. The van der Waals surface area contributed by atoms with Crippen molar-refractivity contribution < 1.29 is 0 Å². The zero-order valence-electron chi connectivity index (χ0n) is 7.31. The van der Waals surface area contributed by atoms with Crippen LogP contribution in [0, 0.1) is 0 Å². The zero-order chi connectivity index (χ0) is 10.8. The van der Waals surface area contributed by atoms with Crippen molar-refractivity contribution in [2.24, 2.45) is 0 Å². The highest BCUT2D eigenvalue weighted by Gasteiger charge is 2.43. The van der Waals surface area contributed by atoms with Gasteiger partial charge < -0.3 is 0 Å². The Kier molecular flexibility index (Phi) is 4.31. The maximum atomic E-state index is 6.11. The van der Waals surface area contributed by atoms with Gasteiger partial charge in [0.2, 0.25) is 3.79 Å². The van der Waals surface area contributed by atoms with Crippen molar-refractivity contribution in [1.29, 1.82) is 0 Å². The van der Waals surface area contributed by atoms with E-state index in [-0.39, 0.29) is 0 Å². The SMILES string of the molecule is CC(Cl)(Sc1ccccc1)C(Cl)(Cl)Cl. The number of hydrogen-bond donors (Lipinski definition) is 0. The summed E-state index contributed by atoms with van der Waals surface area (Å²) in [7, 11) is 0. The third kappa shape index (κ3) is 3.39.